The monoisotopic (exact) mass is 449 g/mol. The summed E-state index contributed by atoms with van der Waals surface area (Å²) in [4.78, 5) is 16.5. The average Bonchev–Trinajstić information content (AvgIpc) is 2.72. The number of hydrogen-bond donors (Lipinski definition) is 1. The van der Waals surface area contributed by atoms with Crippen molar-refractivity contribution in [2.24, 2.45) is 5.92 Å². The van der Waals surface area contributed by atoms with E-state index in [1.54, 1.807) is 0 Å². The molecule has 0 radical (unpaired) electrons. The molecule has 7 heteroatoms. The van der Waals surface area contributed by atoms with Crippen LogP contribution >= 0.6 is 0 Å². The van der Waals surface area contributed by atoms with Crippen molar-refractivity contribution in [1.29, 1.82) is 0 Å². The Morgan fingerprint density at radius 2 is 1.77 bits per heavy atom. The predicted octanol–water partition coefficient (Wildman–Crippen LogP) is 2.65. The van der Waals surface area contributed by atoms with Gasteiger partial charge in [-0.1, -0.05) is 36.8 Å². The van der Waals surface area contributed by atoms with Gasteiger partial charge in [0, 0.05) is 31.4 Å². The maximum Gasteiger partial charge on any atom is 0.210 e. The summed E-state index contributed by atoms with van der Waals surface area (Å²) in [5, 5.41) is 3.59. The molecule has 6 nitrogen and oxygen atoms in total. The van der Waals surface area contributed by atoms with Crippen molar-refractivity contribution in [2.45, 2.75) is 56.0 Å². The van der Waals surface area contributed by atoms with Gasteiger partial charge in [-0.05, 0) is 64.1 Å². The van der Waals surface area contributed by atoms with Crippen LogP contribution in [-0.4, -0.2) is 75.9 Å². The molecular formula is C24H39N3O3S. The lowest BCUT2D eigenvalue weighted by Crippen LogP contribution is -2.61. The van der Waals surface area contributed by atoms with E-state index < -0.39 is 9.84 Å². The molecule has 0 heterocycles. The van der Waals surface area contributed by atoms with Gasteiger partial charge in [-0.3, -0.25) is 4.79 Å². The molecule has 0 saturated heterocycles. The Bertz CT molecular complexity index is 816. The summed E-state index contributed by atoms with van der Waals surface area (Å²) in [5.41, 5.74) is 0.966. The van der Waals surface area contributed by atoms with Crippen molar-refractivity contribution >= 4 is 16.2 Å². The van der Waals surface area contributed by atoms with Gasteiger partial charge in [-0.2, -0.15) is 0 Å². The topological polar surface area (TPSA) is 69.7 Å². The maximum atomic E-state index is 12.3. The van der Waals surface area contributed by atoms with Crippen LogP contribution in [0, 0.1) is 5.92 Å². The fourth-order valence-corrected chi connectivity index (χ4v) is 5.97. The lowest BCUT2D eigenvalue weighted by atomic mass is 9.68. The second-order valence-corrected chi connectivity index (χ2v) is 12.1. The number of rotatable bonds is 11. The molecule has 1 amide bonds. The maximum absolute atomic E-state index is 12.3. The summed E-state index contributed by atoms with van der Waals surface area (Å²) in [7, 11) is 1.00. The molecule has 1 aromatic rings. The zero-order chi connectivity index (χ0) is 22.5. The molecule has 2 aliphatic carbocycles. The molecule has 2 saturated carbocycles. The van der Waals surface area contributed by atoms with Gasteiger partial charge < -0.3 is 15.1 Å². The zero-order valence-electron chi connectivity index (χ0n) is 19.3. The van der Waals surface area contributed by atoms with Gasteiger partial charge in [0.1, 0.15) is 9.84 Å². The fraction of sp³-hybridized carbons (Fsp3) is 0.708. The third kappa shape index (κ3) is 5.88. The number of sulfone groups is 1. The van der Waals surface area contributed by atoms with E-state index in [1.165, 1.54) is 31.1 Å². The Balaban J connectivity index is 1.80. The minimum Gasteiger partial charge on any atom is -0.338 e. The van der Waals surface area contributed by atoms with Crippen molar-refractivity contribution in [3.05, 3.63) is 35.9 Å². The number of nitrogens with one attached hydrogen (secondary N) is 1. The first kappa shape index (κ1) is 24.2. The Morgan fingerprint density at radius 3 is 2.26 bits per heavy atom. The summed E-state index contributed by atoms with van der Waals surface area (Å²) >= 11 is 0. The van der Waals surface area contributed by atoms with Crippen LogP contribution < -0.4 is 5.32 Å². The van der Waals surface area contributed by atoms with Crippen LogP contribution in [0.25, 0.3) is 0 Å². The van der Waals surface area contributed by atoms with E-state index >= 15 is 0 Å². The van der Waals surface area contributed by atoms with Gasteiger partial charge in [-0.25, -0.2) is 8.42 Å². The molecule has 0 aromatic heterocycles. The molecule has 1 aromatic carbocycles. The molecule has 0 aliphatic heterocycles. The molecule has 31 heavy (non-hydrogen) atoms. The van der Waals surface area contributed by atoms with Crippen molar-refractivity contribution in [3.63, 3.8) is 0 Å². The van der Waals surface area contributed by atoms with Crippen molar-refractivity contribution in [2.75, 3.05) is 45.7 Å². The van der Waals surface area contributed by atoms with Gasteiger partial charge in [0.15, 0.2) is 0 Å². The minimum absolute atomic E-state index is 0.0822. The number of likely N-dealkylation sites (N-methyl/N-ethyl adjacent to an activating group) is 1. The van der Waals surface area contributed by atoms with Crippen LogP contribution in [0.15, 0.2) is 30.3 Å². The molecule has 2 fully saturated rings. The highest BCUT2D eigenvalue weighted by Gasteiger charge is 2.47. The van der Waals surface area contributed by atoms with Gasteiger partial charge in [0.25, 0.3) is 0 Å². The third-order valence-corrected chi connectivity index (χ3v) is 8.59. The van der Waals surface area contributed by atoms with Crippen molar-refractivity contribution < 1.29 is 13.2 Å². The number of carbonyl (C=O) groups is 1. The first-order chi connectivity index (χ1) is 14.7. The van der Waals surface area contributed by atoms with Gasteiger partial charge in [-0.15, -0.1) is 0 Å². The third-order valence-electron chi connectivity index (χ3n) is 7.66. The first-order valence-electron chi connectivity index (χ1n) is 11.5. The molecule has 0 spiro atoms. The Hall–Kier alpha value is -1.44. The Labute approximate surface area is 188 Å². The number of benzene rings is 1. The predicted molar refractivity (Wildman–Crippen MR) is 126 cm³/mol. The Morgan fingerprint density at radius 1 is 1.13 bits per heavy atom. The SMILES string of the molecule is CNC1(c2ccccc2)CCC(CN(C)CCS(C)(=O)=O)(N(C=O)CC2CCC2)CC1. The lowest BCUT2D eigenvalue weighted by Gasteiger charge is -2.53. The van der Waals surface area contributed by atoms with E-state index in [0.29, 0.717) is 19.0 Å². The van der Waals surface area contributed by atoms with Crippen molar-refractivity contribution in [1.82, 2.24) is 15.1 Å². The van der Waals surface area contributed by atoms with Crippen LogP contribution in [0.1, 0.15) is 50.5 Å². The molecule has 174 valence electrons. The number of hydrogen-bond acceptors (Lipinski definition) is 5. The first-order valence-corrected chi connectivity index (χ1v) is 13.6. The molecule has 0 unspecified atom stereocenters. The summed E-state index contributed by atoms with van der Waals surface area (Å²) in [6.07, 6.45) is 9.70. The second kappa shape index (κ2) is 10.0. The highest BCUT2D eigenvalue weighted by Crippen LogP contribution is 2.44. The van der Waals surface area contributed by atoms with Gasteiger partial charge in [0.05, 0.1) is 11.3 Å². The minimum atomic E-state index is -3.01. The largest absolute Gasteiger partial charge is 0.338 e. The van der Waals surface area contributed by atoms with Crippen LogP contribution in [0.2, 0.25) is 0 Å². The summed E-state index contributed by atoms with van der Waals surface area (Å²) < 4.78 is 23.3. The summed E-state index contributed by atoms with van der Waals surface area (Å²) in [6.45, 7) is 2.02. The fourth-order valence-electron chi connectivity index (χ4n) is 5.32. The van der Waals surface area contributed by atoms with E-state index in [2.05, 4.69) is 39.4 Å². The molecule has 3 rings (SSSR count). The molecular weight excluding hydrogens is 410 g/mol. The van der Waals surface area contributed by atoms with E-state index in [1.807, 2.05) is 20.2 Å². The molecule has 2 aliphatic rings. The van der Waals surface area contributed by atoms with Crippen LogP contribution in [0.3, 0.4) is 0 Å². The van der Waals surface area contributed by atoms with Crippen LogP contribution in [-0.2, 0) is 20.2 Å². The Kier molecular flexibility index (Phi) is 7.81. The molecule has 0 atom stereocenters. The van der Waals surface area contributed by atoms with E-state index in [9.17, 15) is 13.2 Å². The molecule has 0 bridgehead atoms. The highest BCUT2D eigenvalue weighted by molar-refractivity contribution is 7.90. The normalized spacial score (nSPS) is 27.1. The molecule has 1 N–H and O–H groups in total. The average molecular weight is 450 g/mol. The number of carbonyl (C=O) groups excluding carboxylic acids is 1. The zero-order valence-corrected chi connectivity index (χ0v) is 20.2. The van der Waals surface area contributed by atoms with Gasteiger partial charge >= 0.3 is 0 Å². The van der Waals surface area contributed by atoms with E-state index in [4.69, 9.17) is 0 Å². The summed E-state index contributed by atoms with van der Waals surface area (Å²) in [5.74, 6) is 0.752. The van der Waals surface area contributed by atoms with Crippen LogP contribution in [0.5, 0.6) is 0 Å². The lowest BCUT2D eigenvalue weighted by molar-refractivity contribution is -0.129. The summed E-state index contributed by atoms with van der Waals surface area (Å²) in [6, 6.07) is 10.6. The second-order valence-electron chi connectivity index (χ2n) is 9.84. The quantitative estimate of drug-likeness (QED) is 0.526. The van der Waals surface area contributed by atoms with E-state index in [0.717, 1.165) is 38.6 Å². The number of amides is 1. The van der Waals surface area contributed by atoms with Crippen molar-refractivity contribution in [3.8, 4) is 0 Å². The smallest absolute Gasteiger partial charge is 0.210 e. The highest BCUT2D eigenvalue weighted by atomic mass is 32.2. The standard InChI is InChI=1S/C24H39N3O3S/c1-25-24(22-10-5-4-6-11-22)14-12-23(13-15-24,19-26(2)16-17-31(3,29)30)27(20-28)18-21-8-7-9-21/h4-6,10-11,20-21,25H,7-9,12-19H2,1-3H3. The van der Waals surface area contributed by atoms with E-state index in [-0.39, 0.29) is 16.8 Å². The number of nitrogens with zero attached hydrogens (tertiary/aromatic N) is 2. The van der Waals surface area contributed by atoms with Crippen LogP contribution in [0.4, 0.5) is 0 Å². The van der Waals surface area contributed by atoms with Gasteiger partial charge in [0.2, 0.25) is 6.41 Å².